The van der Waals surface area contributed by atoms with Gasteiger partial charge in [-0.15, -0.1) is 0 Å². The second-order valence-electron chi connectivity index (χ2n) is 5.16. The molecule has 1 aliphatic rings. The summed E-state index contributed by atoms with van der Waals surface area (Å²) in [5.41, 5.74) is 3.64. The van der Waals surface area contributed by atoms with E-state index in [-0.39, 0.29) is 11.9 Å². The molecular formula is C14H22N4O. The van der Waals surface area contributed by atoms with Gasteiger partial charge in [0.05, 0.1) is 11.3 Å². The summed E-state index contributed by atoms with van der Waals surface area (Å²) in [6.45, 7) is 2.23. The van der Waals surface area contributed by atoms with Gasteiger partial charge < -0.3 is 10.7 Å². The summed E-state index contributed by atoms with van der Waals surface area (Å²) < 4.78 is 0. The molecule has 1 amide bonds. The van der Waals surface area contributed by atoms with Gasteiger partial charge in [0.25, 0.3) is 5.91 Å². The van der Waals surface area contributed by atoms with Crippen molar-refractivity contribution in [2.24, 2.45) is 11.8 Å². The van der Waals surface area contributed by atoms with E-state index < -0.39 is 0 Å². The van der Waals surface area contributed by atoms with Gasteiger partial charge in [0.2, 0.25) is 0 Å². The first-order valence-electron chi connectivity index (χ1n) is 6.96. The quantitative estimate of drug-likeness (QED) is 0.573. The number of hydrazine groups is 1. The fourth-order valence-corrected chi connectivity index (χ4v) is 2.68. The van der Waals surface area contributed by atoms with Gasteiger partial charge in [0, 0.05) is 18.4 Å². The molecule has 0 radical (unpaired) electrons. The minimum absolute atomic E-state index is 0.0963. The first-order valence-corrected chi connectivity index (χ1v) is 6.96. The minimum atomic E-state index is -0.0963. The fraction of sp³-hybridized carbons (Fsp3) is 0.571. The van der Waals surface area contributed by atoms with Gasteiger partial charge in [0.15, 0.2) is 0 Å². The largest absolute Gasteiger partial charge is 0.349 e. The lowest BCUT2D eigenvalue weighted by Gasteiger charge is -2.28. The number of nitrogens with two attached hydrogens (primary N) is 1. The summed E-state index contributed by atoms with van der Waals surface area (Å²) in [4.78, 5) is 16.2. The molecule has 0 bridgehead atoms. The number of nitrogens with one attached hydrogen (secondary N) is 2. The number of carbonyl (C=O) groups excluding carboxylic acids is 1. The summed E-state index contributed by atoms with van der Waals surface area (Å²) in [5.74, 6) is 6.13. The maximum absolute atomic E-state index is 12.2. The Hall–Kier alpha value is -1.62. The number of aromatic nitrogens is 1. The van der Waals surface area contributed by atoms with Gasteiger partial charge in [-0.3, -0.25) is 15.6 Å². The summed E-state index contributed by atoms with van der Waals surface area (Å²) in [6, 6.07) is 1.98. The first kappa shape index (κ1) is 13.8. The molecule has 0 spiro atoms. The number of nitrogens with zero attached hydrogens (tertiary/aromatic N) is 1. The van der Waals surface area contributed by atoms with E-state index in [0.717, 1.165) is 18.8 Å². The Balaban J connectivity index is 1.94. The Morgan fingerprint density at radius 1 is 1.42 bits per heavy atom. The Bertz CT molecular complexity index is 427. The van der Waals surface area contributed by atoms with Crippen molar-refractivity contribution in [3.8, 4) is 0 Å². The number of rotatable bonds is 4. The molecule has 1 aromatic heterocycles. The second kappa shape index (κ2) is 6.52. The molecule has 5 heteroatoms. The van der Waals surface area contributed by atoms with Crippen molar-refractivity contribution < 1.29 is 4.79 Å². The summed E-state index contributed by atoms with van der Waals surface area (Å²) in [6.07, 6.45) is 8.93. The van der Waals surface area contributed by atoms with Crippen molar-refractivity contribution in [3.63, 3.8) is 0 Å². The van der Waals surface area contributed by atoms with E-state index in [0.29, 0.717) is 11.3 Å². The van der Waals surface area contributed by atoms with Crippen LogP contribution in [0, 0.1) is 5.92 Å². The molecular weight excluding hydrogens is 240 g/mol. The van der Waals surface area contributed by atoms with Crippen LogP contribution in [0.15, 0.2) is 18.5 Å². The van der Waals surface area contributed by atoms with Crippen LogP contribution in [0.1, 0.15) is 49.4 Å². The Morgan fingerprint density at radius 2 is 2.16 bits per heavy atom. The van der Waals surface area contributed by atoms with E-state index in [4.69, 9.17) is 5.84 Å². The molecule has 104 valence electrons. The molecule has 0 aliphatic heterocycles. The van der Waals surface area contributed by atoms with Crippen molar-refractivity contribution in [2.45, 2.75) is 45.1 Å². The van der Waals surface area contributed by atoms with E-state index >= 15 is 0 Å². The second-order valence-corrected chi connectivity index (χ2v) is 5.16. The average Bonchev–Trinajstić information content (AvgIpc) is 2.48. The van der Waals surface area contributed by atoms with Crippen LogP contribution in [0.5, 0.6) is 0 Å². The Morgan fingerprint density at radius 3 is 2.79 bits per heavy atom. The molecule has 1 fully saturated rings. The van der Waals surface area contributed by atoms with Crippen LogP contribution in [-0.4, -0.2) is 16.9 Å². The van der Waals surface area contributed by atoms with E-state index in [1.807, 2.05) is 0 Å². The Kier molecular flexibility index (Phi) is 4.74. The molecule has 0 unspecified atom stereocenters. The topological polar surface area (TPSA) is 80.0 Å². The number of carbonyl (C=O) groups is 1. The molecule has 0 atom stereocenters. The van der Waals surface area contributed by atoms with Crippen LogP contribution in [0.25, 0.3) is 0 Å². The third-order valence-electron chi connectivity index (χ3n) is 3.98. The van der Waals surface area contributed by atoms with Crippen molar-refractivity contribution in [2.75, 3.05) is 5.43 Å². The van der Waals surface area contributed by atoms with E-state index in [9.17, 15) is 4.79 Å². The van der Waals surface area contributed by atoms with Gasteiger partial charge in [-0.25, -0.2) is 0 Å². The van der Waals surface area contributed by atoms with Crippen LogP contribution in [0.4, 0.5) is 5.69 Å². The van der Waals surface area contributed by atoms with Gasteiger partial charge in [-0.1, -0.05) is 13.3 Å². The molecule has 1 heterocycles. The zero-order valence-corrected chi connectivity index (χ0v) is 11.4. The maximum atomic E-state index is 12.2. The van der Waals surface area contributed by atoms with Gasteiger partial charge in [-0.05, 0) is 37.7 Å². The summed E-state index contributed by atoms with van der Waals surface area (Å²) in [7, 11) is 0. The highest BCUT2D eigenvalue weighted by Gasteiger charge is 2.22. The number of amides is 1. The molecule has 19 heavy (non-hydrogen) atoms. The number of nitrogen functional groups attached to an aromatic ring is 1. The van der Waals surface area contributed by atoms with Crippen LogP contribution in [-0.2, 0) is 0 Å². The minimum Gasteiger partial charge on any atom is -0.349 e. The normalized spacial score (nSPS) is 22.8. The highest BCUT2D eigenvalue weighted by Crippen LogP contribution is 2.26. The van der Waals surface area contributed by atoms with Gasteiger partial charge in [-0.2, -0.15) is 0 Å². The third kappa shape index (κ3) is 3.44. The molecule has 1 saturated carbocycles. The van der Waals surface area contributed by atoms with Gasteiger partial charge >= 0.3 is 0 Å². The SMILES string of the molecule is CCC1CCC(NC(=O)c2cnccc2NN)CC1. The lowest BCUT2D eigenvalue weighted by atomic mass is 9.84. The maximum Gasteiger partial charge on any atom is 0.255 e. The van der Waals surface area contributed by atoms with Gasteiger partial charge in [0.1, 0.15) is 0 Å². The summed E-state index contributed by atoms with van der Waals surface area (Å²) in [5, 5.41) is 3.08. The first-order chi connectivity index (χ1) is 9.24. The lowest BCUT2D eigenvalue weighted by molar-refractivity contribution is 0.0922. The predicted octanol–water partition coefficient (Wildman–Crippen LogP) is 2.07. The average molecular weight is 262 g/mol. The van der Waals surface area contributed by atoms with E-state index in [1.54, 1.807) is 18.5 Å². The molecule has 4 N–H and O–H groups in total. The highest BCUT2D eigenvalue weighted by atomic mass is 16.1. The van der Waals surface area contributed by atoms with Crippen molar-refractivity contribution in [3.05, 3.63) is 24.0 Å². The van der Waals surface area contributed by atoms with E-state index in [2.05, 4.69) is 22.7 Å². The molecule has 2 rings (SSSR count). The number of hydrogen-bond donors (Lipinski definition) is 3. The lowest BCUT2D eigenvalue weighted by Crippen LogP contribution is -2.38. The highest BCUT2D eigenvalue weighted by molar-refractivity contribution is 5.99. The van der Waals surface area contributed by atoms with Crippen LogP contribution in [0.2, 0.25) is 0 Å². The fourth-order valence-electron chi connectivity index (χ4n) is 2.68. The van der Waals surface area contributed by atoms with Crippen molar-refractivity contribution in [1.29, 1.82) is 0 Å². The number of hydrogen-bond acceptors (Lipinski definition) is 4. The van der Waals surface area contributed by atoms with Crippen molar-refractivity contribution in [1.82, 2.24) is 10.3 Å². The summed E-state index contributed by atoms with van der Waals surface area (Å²) >= 11 is 0. The monoisotopic (exact) mass is 262 g/mol. The van der Waals surface area contributed by atoms with E-state index in [1.165, 1.54) is 19.3 Å². The van der Waals surface area contributed by atoms with Crippen LogP contribution < -0.4 is 16.6 Å². The Labute approximate surface area is 114 Å². The zero-order valence-electron chi connectivity index (χ0n) is 11.4. The van der Waals surface area contributed by atoms with Crippen molar-refractivity contribution >= 4 is 11.6 Å². The smallest absolute Gasteiger partial charge is 0.255 e. The number of anilines is 1. The predicted molar refractivity (Wildman–Crippen MR) is 75.6 cm³/mol. The number of pyridine rings is 1. The van der Waals surface area contributed by atoms with Crippen LogP contribution >= 0.6 is 0 Å². The third-order valence-corrected chi connectivity index (χ3v) is 3.98. The molecule has 0 aromatic carbocycles. The molecule has 1 aliphatic carbocycles. The molecule has 1 aromatic rings. The van der Waals surface area contributed by atoms with Crippen LogP contribution in [0.3, 0.4) is 0 Å². The zero-order chi connectivity index (χ0) is 13.7. The standard InChI is InChI=1S/C14H22N4O/c1-2-10-3-5-11(6-4-10)17-14(19)12-9-16-8-7-13(12)18-15/h7-11H,2-6,15H2,1H3,(H,16,18)(H,17,19). The molecule has 5 nitrogen and oxygen atoms in total. The molecule has 0 saturated heterocycles.